The van der Waals surface area contributed by atoms with Gasteiger partial charge >= 0.3 is 0 Å². The van der Waals surface area contributed by atoms with Crippen LogP contribution in [0.3, 0.4) is 0 Å². The molecule has 6 heteroatoms. The Morgan fingerprint density at radius 2 is 1.73 bits per heavy atom. The Morgan fingerprint density at radius 3 is 2.47 bits per heavy atom. The van der Waals surface area contributed by atoms with Crippen LogP contribution in [0, 0.1) is 12.7 Å². The molecular formula is C24H18FNO4. The summed E-state index contributed by atoms with van der Waals surface area (Å²) in [7, 11) is 1.54. The maximum absolute atomic E-state index is 13.0. The molecule has 0 aliphatic rings. The van der Waals surface area contributed by atoms with Crippen molar-refractivity contribution in [2.45, 2.75) is 6.92 Å². The molecule has 1 amide bonds. The Morgan fingerprint density at radius 1 is 0.967 bits per heavy atom. The number of carbonyl (C=O) groups excluding carboxylic acids is 2. The molecule has 4 rings (SSSR count). The van der Waals surface area contributed by atoms with Gasteiger partial charge in [0.25, 0.3) is 5.91 Å². The van der Waals surface area contributed by atoms with Crippen LogP contribution in [0.25, 0.3) is 11.0 Å². The lowest BCUT2D eigenvalue weighted by molar-refractivity contribution is 0.101. The predicted octanol–water partition coefficient (Wildman–Crippen LogP) is 5.37. The van der Waals surface area contributed by atoms with Crippen LogP contribution >= 0.6 is 0 Å². The van der Waals surface area contributed by atoms with Gasteiger partial charge in [0.1, 0.15) is 17.1 Å². The van der Waals surface area contributed by atoms with Crippen molar-refractivity contribution in [2.75, 3.05) is 12.4 Å². The van der Waals surface area contributed by atoms with E-state index in [-0.39, 0.29) is 17.5 Å². The van der Waals surface area contributed by atoms with Crippen LogP contribution in [0.2, 0.25) is 0 Å². The maximum atomic E-state index is 13.0. The summed E-state index contributed by atoms with van der Waals surface area (Å²) in [6.45, 7) is 1.82. The summed E-state index contributed by atoms with van der Waals surface area (Å²) in [5.74, 6) is -0.210. The zero-order valence-electron chi connectivity index (χ0n) is 16.4. The van der Waals surface area contributed by atoms with Gasteiger partial charge in [-0.1, -0.05) is 12.1 Å². The summed E-state index contributed by atoms with van der Waals surface area (Å²) in [6.07, 6.45) is 0. The van der Waals surface area contributed by atoms with E-state index in [9.17, 15) is 14.0 Å². The van der Waals surface area contributed by atoms with Crippen LogP contribution in [0.1, 0.15) is 32.0 Å². The Kier molecular flexibility index (Phi) is 5.06. The molecule has 0 aliphatic heterocycles. The van der Waals surface area contributed by atoms with Gasteiger partial charge in [-0.15, -0.1) is 0 Å². The molecule has 150 valence electrons. The topological polar surface area (TPSA) is 68.5 Å². The highest BCUT2D eigenvalue weighted by molar-refractivity contribution is 6.11. The van der Waals surface area contributed by atoms with Crippen molar-refractivity contribution in [3.8, 4) is 5.75 Å². The highest BCUT2D eigenvalue weighted by atomic mass is 19.1. The van der Waals surface area contributed by atoms with Crippen LogP contribution in [0.4, 0.5) is 10.1 Å². The standard InChI is InChI=1S/C24H18FNO4/c1-14-20-11-10-18(26-24(28)15-6-8-17(25)9-7-15)13-21(20)30-23(14)22(27)16-4-3-5-19(12-16)29-2/h3-13H,1-2H3,(H,26,28). The smallest absolute Gasteiger partial charge is 0.255 e. The van der Waals surface area contributed by atoms with E-state index in [0.29, 0.717) is 33.7 Å². The van der Waals surface area contributed by atoms with Crippen molar-refractivity contribution in [3.05, 3.63) is 95.0 Å². The van der Waals surface area contributed by atoms with Gasteiger partial charge in [0.05, 0.1) is 7.11 Å². The third-order valence-corrected chi connectivity index (χ3v) is 4.84. The third kappa shape index (κ3) is 3.67. The number of hydrogen-bond acceptors (Lipinski definition) is 4. The second-order valence-electron chi connectivity index (χ2n) is 6.79. The molecule has 0 saturated carbocycles. The normalized spacial score (nSPS) is 10.8. The molecule has 1 N–H and O–H groups in total. The van der Waals surface area contributed by atoms with Gasteiger partial charge < -0.3 is 14.5 Å². The summed E-state index contributed by atoms with van der Waals surface area (Å²) in [5, 5.41) is 3.53. The van der Waals surface area contributed by atoms with Crippen molar-refractivity contribution >= 4 is 28.3 Å². The fourth-order valence-corrected chi connectivity index (χ4v) is 3.22. The van der Waals surface area contributed by atoms with E-state index >= 15 is 0 Å². The molecule has 0 bridgehead atoms. The summed E-state index contributed by atoms with van der Waals surface area (Å²) >= 11 is 0. The zero-order chi connectivity index (χ0) is 21.3. The first-order valence-electron chi connectivity index (χ1n) is 9.25. The summed E-state index contributed by atoms with van der Waals surface area (Å²) in [4.78, 5) is 25.3. The van der Waals surface area contributed by atoms with Gasteiger partial charge in [-0.25, -0.2) is 4.39 Å². The number of hydrogen-bond donors (Lipinski definition) is 1. The van der Waals surface area contributed by atoms with E-state index in [2.05, 4.69) is 5.32 Å². The van der Waals surface area contributed by atoms with E-state index in [1.54, 1.807) is 42.5 Å². The number of nitrogens with one attached hydrogen (secondary N) is 1. The van der Waals surface area contributed by atoms with Crippen molar-refractivity contribution in [3.63, 3.8) is 0 Å². The van der Waals surface area contributed by atoms with Gasteiger partial charge in [0, 0.05) is 33.8 Å². The lowest BCUT2D eigenvalue weighted by Crippen LogP contribution is -2.11. The van der Waals surface area contributed by atoms with Crippen molar-refractivity contribution < 1.29 is 23.1 Å². The third-order valence-electron chi connectivity index (χ3n) is 4.84. The van der Waals surface area contributed by atoms with Crippen LogP contribution in [0.15, 0.2) is 71.1 Å². The van der Waals surface area contributed by atoms with Gasteiger partial charge in [-0.05, 0) is 55.5 Å². The van der Waals surface area contributed by atoms with Crippen LogP contribution in [-0.2, 0) is 0 Å². The summed E-state index contributed by atoms with van der Waals surface area (Å²) in [6, 6.07) is 17.3. The number of amides is 1. The Hall–Kier alpha value is -3.93. The average Bonchev–Trinajstić information content (AvgIpc) is 3.09. The number of furan rings is 1. The van der Waals surface area contributed by atoms with E-state index in [4.69, 9.17) is 9.15 Å². The van der Waals surface area contributed by atoms with Crippen molar-refractivity contribution in [2.24, 2.45) is 0 Å². The number of anilines is 1. The van der Waals surface area contributed by atoms with Gasteiger partial charge in [0.2, 0.25) is 5.78 Å². The summed E-state index contributed by atoms with van der Waals surface area (Å²) in [5.41, 5.74) is 2.50. The van der Waals surface area contributed by atoms with Crippen LogP contribution < -0.4 is 10.1 Å². The van der Waals surface area contributed by atoms with Gasteiger partial charge in [0.15, 0.2) is 5.76 Å². The SMILES string of the molecule is COc1cccc(C(=O)c2oc3cc(NC(=O)c4ccc(F)cc4)ccc3c2C)c1. The molecule has 0 atom stereocenters. The first-order chi connectivity index (χ1) is 14.5. The monoisotopic (exact) mass is 403 g/mol. The Labute approximate surface area is 172 Å². The highest BCUT2D eigenvalue weighted by Crippen LogP contribution is 2.30. The minimum Gasteiger partial charge on any atom is -0.497 e. The molecule has 3 aromatic carbocycles. The van der Waals surface area contributed by atoms with Crippen LogP contribution in [-0.4, -0.2) is 18.8 Å². The highest BCUT2D eigenvalue weighted by Gasteiger charge is 2.20. The lowest BCUT2D eigenvalue weighted by Gasteiger charge is -2.05. The van der Waals surface area contributed by atoms with Gasteiger partial charge in [-0.2, -0.15) is 0 Å². The number of halogens is 1. The molecule has 30 heavy (non-hydrogen) atoms. The first-order valence-corrected chi connectivity index (χ1v) is 9.25. The Bertz CT molecular complexity index is 1260. The van der Waals surface area contributed by atoms with Crippen molar-refractivity contribution in [1.29, 1.82) is 0 Å². The lowest BCUT2D eigenvalue weighted by atomic mass is 10.0. The molecule has 1 heterocycles. The number of ketones is 1. The average molecular weight is 403 g/mol. The molecule has 5 nitrogen and oxygen atoms in total. The number of aryl methyl sites for hydroxylation is 1. The van der Waals surface area contributed by atoms with E-state index in [1.807, 2.05) is 6.92 Å². The number of rotatable bonds is 5. The molecular weight excluding hydrogens is 385 g/mol. The fraction of sp³-hybridized carbons (Fsp3) is 0.0833. The number of fused-ring (bicyclic) bond motifs is 1. The molecule has 4 aromatic rings. The second-order valence-corrected chi connectivity index (χ2v) is 6.79. The summed E-state index contributed by atoms with van der Waals surface area (Å²) < 4.78 is 24.1. The van der Waals surface area contributed by atoms with Crippen molar-refractivity contribution in [1.82, 2.24) is 0 Å². The van der Waals surface area contributed by atoms with E-state index in [1.165, 1.54) is 31.4 Å². The quantitative estimate of drug-likeness (QED) is 0.455. The number of methoxy groups -OCH3 is 1. The first kappa shape index (κ1) is 19.4. The van der Waals surface area contributed by atoms with E-state index in [0.717, 1.165) is 5.39 Å². The zero-order valence-corrected chi connectivity index (χ0v) is 16.4. The Balaban J connectivity index is 1.63. The maximum Gasteiger partial charge on any atom is 0.255 e. The molecule has 0 radical (unpaired) electrons. The fourth-order valence-electron chi connectivity index (χ4n) is 3.22. The second kappa shape index (κ2) is 7.83. The molecule has 0 spiro atoms. The molecule has 0 fully saturated rings. The van der Waals surface area contributed by atoms with E-state index < -0.39 is 5.82 Å². The van der Waals surface area contributed by atoms with Gasteiger partial charge in [-0.3, -0.25) is 9.59 Å². The number of benzene rings is 3. The predicted molar refractivity (Wildman–Crippen MR) is 112 cm³/mol. The largest absolute Gasteiger partial charge is 0.497 e. The van der Waals surface area contributed by atoms with Crippen LogP contribution in [0.5, 0.6) is 5.75 Å². The molecule has 0 saturated heterocycles. The molecule has 0 aliphatic carbocycles. The minimum absolute atomic E-state index is 0.236. The molecule has 1 aromatic heterocycles. The number of carbonyl (C=O) groups is 2. The minimum atomic E-state index is -0.410. The number of ether oxygens (including phenoxy) is 1. The molecule has 0 unspecified atom stereocenters.